The molecule has 1 amide bonds. The highest BCUT2D eigenvalue weighted by Gasteiger charge is 2.25. The first-order valence-electron chi connectivity index (χ1n) is 11.0. The van der Waals surface area contributed by atoms with E-state index in [0.717, 1.165) is 46.3 Å². The fourth-order valence-corrected chi connectivity index (χ4v) is 7.02. The molecule has 1 aromatic carbocycles. The summed E-state index contributed by atoms with van der Waals surface area (Å²) in [6.45, 7) is 3.63. The average molecular weight is 470 g/mol. The van der Waals surface area contributed by atoms with Crippen molar-refractivity contribution in [1.29, 1.82) is 0 Å². The van der Waals surface area contributed by atoms with Crippen LogP contribution in [0.25, 0.3) is 10.2 Å². The fourth-order valence-electron chi connectivity index (χ4n) is 4.67. The molecule has 6 nitrogen and oxygen atoms in total. The van der Waals surface area contributed by atoms with E-state index in [9.17, 15) is 4.79 Å². The van der Waals surface area contributed by atoms with E-state index < -0.39 is 0 Å². The summed E-state index contributed by atoms with van der Waals surface area (Å²) in [4.78, 5) is 26.6. The van der Waals surface area contributed by atoms with Gasteiger partial charge in [0.05, 0.1) is 20.0 Å². The Morgan fingerprint density at radius 1 is 1.19 bits per heavy atom. The van der Waals surface area contributed by atoms with Crippen LogP contribution in [0.4, 0.5) is 0 Å². The van der Waals surface area contributed by atoms with Gasteiger partial charge in [0.2, 0.25) is 5.91 Å². The molecule has 2 aromatic heterocycles. The van der Waals surface area contributed by atoms with Gasteiger partial charge < -0.3 is 14.4 Å². The van der Waals surface area contributed by atoms with Gasteiger partial charge in [0.1, 0.15) is 16.2 Å². The molecule has 0 bridgehead atoms. The summed E-state index contributed by atoms with van der Waals surface area (Å²) >= 11 is 3.34. The minimum Gasteiger partial charge on any atom is -0.493 e. The molecule has 0 unspecified atom stereocenters. The number of aryl methyl sites for hydroxylation is 1. The molecular weight excluding hydrogens is 442 g/mol. The van der Waals surface area contributed by atoms with E-state index in [2.05, 4.69) is 16.9 Å². The van der Waals surface area contributed by atoms with Gasteiger partial charge >= 0.3 is 0 Å². The smallest absolute Gasteiger partial charge is 0.233 e. The monoisotopic (exact) mass is 469 g/mol. The molecule has 0 radical (unpaired) electrons. The van der Waals surface area contributed by atoms with Gasteiger partial charge in [-0.1, -0.05) is 18.7 Å². The normalized spacial score (nSPS) is 17.7. The van der Waals surface area contributed by atoms with Gasteiger partial charge in [-0.2, -0.15) is 0 Å². The maximum Gasteiger partial charge on any atom is 0.233 e. The van der Waals surface area contributed by atoms with Crippen LogP contribution in [0, 0.1) is 5.92 Å². The number of hydrogen-bond donors (Lipinski definition) is 0. The Morgan fingerprint density at radius 3 is 2.75 bits per heavy atom. The van der Waals surface area contributed by atoms with Gasteiger partial charge in [-0.05, 0) is 60.4 Å². The average Bonchev–Trinajstić information content (AvgIpc) is 3.19. The van der Waals surface area contributed by atoms with Crippen molar-refractivity contribution in [1.82, 2.24) is 14.9 Å². The second kappa shape index (κ2) is 8.90. The molecule has 168 valence electrons. The number of carbonyl (C=O) groups is 1. The number of methoxy groups -OCH3 is 2. The number of nitrogens with zero attached hydrogens (tertiary/aromatic N) is 3. The number of amides is 1. The van der Waals surface area contributed by atoms with Gasteiger partial charge in [0.25, 0.3) is 0 Å². The number of ether oxygens (including phenoxy) is 2. The third-order valence-corrected chi connectivity index (χ3v) is 8.60. The summed E-state index contributed by atoms with van der Waals surface area (Å²) in [5.74, 6) is 2.69. The first-order chi connectivity index (χ1) is 15.6. The lowest BCUT2D eigenvalue weighted by Gasteiger charge is -2.29. The number of aromatic nitrogens is 2. The predicted molar refractivity (Wildman–Crippen MR) is 128 cm³/mol. The van der Waals surface area contributed by atoms with Crippen LogP contribution in [0.2, 0.25) is 0 Å². The maximum absolute atomic E-state index is 13.1. The summed E-state index contributed by atoms with van der Waals surface area (Å²) in [7, 11) is 3.29. The van der Waals surface area contributed by atoms with E-state index in [-0.39, 0.29) is 5.91 Å². The summed E-state index contributed by atoms with van der Waals surface area (Å²) in [6, 6.07) is 4.02. The first-order valence-corrected chi connectivity index (χ1v) is 12.8. The molecule has 1 aliphatic heterocycles. The van der Waals surface area contributed by atoms with Crippen molar-refractivity contribution in [2.45, 2.75) is 44.2 Å². The Morgan fingerprint density at radius 2 is 1.97 bits per heavy atom. The minimum atomic E-state index is 0.139. The van der Waals surface area contributed by atoms with Crippen LogP contribution in [0.3, 0.4) is 0 Å². The van der Waals surface area contributed by atoms with Crippen LogP contribution in [0.1, 0.15) is 34.9 Å². The maximum atomic E-state index is 13.1. The molecule has 3 aromatic rings. The topological polar surface area (TPSA) is 64.6 Å². The molecular formula is C24H27N3O3S2. The van der Waals surface area contributed by atoms with Crippen molar-refractivity contribution in [3.05, 3.63) is 40.0 Å². The summed E-state index contributed by atoms with van der Waals surface area (Å²) < 4.78 is 10.9. The molecule has 1 atom stereocenters. The first kappa shape index (κ1) is 21.5. The Bertz CT molecular complexity index is 1180. The third-order valence-electron chi connectivity index (χ3n) is 6.46. The Hall–Kier alpha value is -2.32. The van der Waals surface area contributed by atoms with E-state index in [4.69, 9.17) is 9.47 Å². The lowest BCUT2D eigenvalue weighted by molar-refractivity contribution is -0.129. The largest absolute Gasteiger partial charge is 0.493 e. The predicted octanol–water partition coefficient (Wildman–Crippen LogP) is 4.51. The van der Waals surface area contributed by atoms with Gasteiger partial charge in [-0.3, -0.25) is 4.79 Å². The third kappa shape index (κ3) is 3.94. The van der Waals surface area contributed by atoms with Crippen LogP contribution in [-0.2, 0) is 30.6 Å². The molecule has 0 saturated heterocycles. The van der Waals surface area contributed by atoms with Gasteiger partial charge in [0.15, 0.2) is 11.5 Å². The van der Waals surface area contributed by atoms with E-state index in [1.54, 1.807) is 43.6 Å². The Balaban J connectivity index is 1.31. The molecule has 5 rings (SSSR count). The van der Waals surface area contributed by atoms with Crippen LogP contribution in [0.15, 0.2) is 23.5 Å². The quantitative estimate of drug-likeness (QED) is 0.405. The highest BCUT2D eigenvalue weighted by atomic mass is 32.2. The van der Waals surface area contributed by atoms with Crippen LogP contribution < -0.4 is 9.47 Å². The Kier molecular flexibility index (Phi) is 5.99. The van der Waals surface area contributed by atoms with Crippen molar-refractivity contribution in [3.63, 3.8) is 0 Å². The van der Waals surface area contributed by atoms with Crippen molar-refractivity contribution >= 4 is 39.2 Å². The second-order valence-electron chi connectivity index (χ2n) is 8.54. The molecule has 8 heteroatoms. The number of rotatable bonds is 5. The zero-order chi connectivity index (χ0) is 22.2. The standard InChI is InChI=1S/C24H27N3O3S2/c1-14-4-5-17-20(8-14)32-24-22(17)23(25-13-26-24)31-12-21(28)27-7-6-15-9-18(29-2)19(30-3)10-16(15)11-27/h9-10,13-14H,4-8,11-12H2,1-3H3/t14-/m1/s1. The lowest BCUT2D eigenvalue weighted by Crippen LogP contribution is -2.37. The molecule has 32 heavy (non-hydrogen) atoms. The minimum absolute atomic E-state index is 0.139. The fraction of sp³-hybridized carbons (Fsp3) is 0.458. The number of thiophene rings is 1. The molecule has 0 saturated carbocycles. The molecule has 0 spiro atoms. The molecule has 0 N–H and O–H groups in total. The number of carbonyl (C=O) groups excluding carboxylic acids is 1. The van der Waals surface area contributed by atoms with Gasteiger partial charge in [0, 0.05) is 23.4 Å². The van der Waals surface area contributed by atoms with Crippen LogP contribution >= 0.6 is 23.1 Å². The van der Waals surface area contributed by atoms with E-state index >= 15 is 0 Å². The van der Waals surface area contributed by atoms with Crippen molar-refractivity contribution in [2.75, 3.05) is 26.5 Å². The lowest BCUT2D eigenvalue weighted by atomic mass is 9.89. The van der Waals surface area contributed by atoms with E-state index in [0.29, 0.717) is 24.6 Å². The SMILES string of the molecule is COc1cc2c(cc1OC)CN(C(=O)CSc1ncnc3sc4c(c13)CC[C@@H](C)C4)CC2. The van der Waals surface area contributed by atoms with Crippen LogP contribution in [0.5, 0.6) is 11.5 Å². The highest BCUT2D eigenvalue weighted by Crippen LogP contribution is 2.40. The molecule has 2 aliphatic rings. The van der Waals surface area contributed by atoms with Crippen LogP contribution in [-0.4, -0.2) is 47.3 Å². The molecule has 0 fully saturated rings. The Labute approximate surface area is 196 Å². The zero-order valence-electron chi connectivity index (χ0n) is 18.6. The number of benzene rings is 1. The van der Waals surface area contributed by atoms with E-state index in [1.165, 1.54) is 27.8 Å². The van der Waals surface area contributed by atoms with Gasteiger partial charge in [-0.15, -0.1) is 11.3 Å². The number of hydrogen-bond acceptors (Lipinski definition) is 7. The summed E-state index contributed by atoms with van der Waals surface area (Å²) in [6.07, 6.45) is 5.87. The van der Waals surface area contributed by atoms with Crippen molar-refractivity contribution in [3.8, 4) is 11.5 Å². The summed E-state index contributed by atoms with van der Waals surface area (Å²) in [5, 5.41) is 2.12. The molecule has 3 heterocycles. The van der Waals surface area contributed by atoms with Crippen molar-refractivity contribution < 1.29 is 14.3 Å². The number of fused-ring (bicyclic) bond motifs is 4. The summed E-state index contributed by atoms with van der Waals surface area (Å²) in [5.41, 5.74) is 3.75. The molecule has 1 aliphatic carbocycles. The van der Waals surface area contributed by atoms with Gasteiger partial charge in [-0.25, -0.2) is 9.97 Å². The second-order valence-corrected chi connectivity index (χ2v) is 10.6. The number of thioether (sulfide) groups is 1. The zero-order valence-corrected chi connectivity index (χ0v) is 20.3. The van der Waals surface area contributed by atoms with E-state index in [1.807, 2.05) is 17.0 Å². The van der Waals surface area contributed by atoms with Crippen molar-refractivity contribution in [2.24, 2.45) is 5.92 Å². The highest BCUT2D eigenvalue weighted by molar-refractivity contribution is 8.00.